The fourth-order valence-corrected chi connectivity index (χ4v) is 3.15. The summed E-state index contributed by atoms with van der Waals surface area (Å²) in [5.74, 6) is 0.548. The quantitative estimate of drug-likeness (QED) is 0.721. The van der Waals surface area contributed by atoms with Gasteiger partial charge in [0.2, 0.25) is 5.82 Å². The number of rotatable bonds is 5. The Hall–Kier alpha value is -2.70. The Bertz CT molecular complexity index is 934. The van der Waals surface area contributed by atoms with E-state index in [1.807, 2.05) is 18.2 Å². The molecule has 1 fully saturated rings. The Morgan fingerprint density at radius 3 is 2.78 bits per heavy atom. The summed E-state index contributed by atoms with van der Waals surface area (Å²) >= 11 is 5.91. The number of hydrogen-bond donors (Lipinski definition) is 1. The second kappa shape index (κ2) is 7.90. The van der Waals surface area contributed by atoms with Crippen molar-refractivity contribution in [3.8, 4) is 22.8 Å². The first-order chi connectivity index (χ1) is 13.2. The van der Waals surface area contributed by atoms with Crippen molar-refractivity contribution in [1.82, 2.24) is 15.5 Å². The molecule has 1 aliphatic rings. The molecule has 1 N–H and O–H groups in total. The Morgan fingerprint density at radius 1 is 1.19 bits per heavy atom. The molecule has 0 bridgehead atoms. The maximum Gasteiger partial charge on any atom is 0.259 e. The van der Waals surface area contributed by atoms with Crippen LogP contribution in [-0.4, -0.2) is 35.3 Å². The van der Waals surface area contributed by atoms with Crippen LogP contribution >= 0.6 is 11.6 Å². The SMILES string of the molecule is O=C(NC[C@@H]1CCCO1)c1ccccc1-c1nc(-c2ccc(Cl)cc2)no1. The molecule has 0 radical (unpaired) electrons. The molecule has 3 aromatic rings. The molecule has 1 aliphatic heterocycles. The number of nitrogens with zero attached hydrogens (tertiary/aromatic N) is 2. The van der Waals surface area contributed by atoms with Gasteiger partial charge in [-0.25, -0.2) is 0 Å². The zero-order valence-corrected chi connectivity index (χ0v) is 15.3. The number of amides is 1. The first-order valence-corrected chi connectivity index (χ1v) is 9.17. The first-order valence-electron chi connectivity index (χ1n) is 8.79. The summed E-state index contributed by atoms with van der Waals surface area (Å²) in [5, 5.41) is 7.58. The third kappa shape index (κ3) is 4.02. The lowest BCUT2D eigenvalue weighted by Gasteiger charge is -2.11. The number of nitrogens with one attached hydrogen (secondary N) is 1. The van der Waals surface area contributed by atoms with Crippen molar-refractivity contribution in [3.05, 3.63) is 59.1 Å². The highest BCUT2D eigenvalue weighted by molar-refractivity contribution is 6.30. The Kier molecular flexibility index (Phi) is 5.18. The molecule has 4 rings (SSSR count). The second-order valence-electron chi connectivity index (χ2n) is 6.32. The largest absolute Gasteiger partial charge is 0.376 e. The normalized spacial score (nSPS) is 16.4. The summed E-state index contributed by atoms with van der Waals surface area (Å²) < 4.78 is 11.0. The first kappa shape index (κ1) is 17.7. The van der Waals surface area contributed by atoms with Gasteiger partial charge in [0.25, 0.3) is 11.8 Å². The summed E-state index contributed by atoms with van der Waals surface area (Å²) in [7, 11) is 0. The molecule has 0 unspecified atom stereocenters. The van der Waals surface area contributed by atoms with Gasteiger partial charge in [0.15, 0.2) is 0 Å². The maximum absolute atomic E-state index is 12.6. The van der Waals surface area contributed by atoms with Crippen LogP contribution < -0.4 is 5.32 Å². The summed E-state index contributed by atoms with van der Waals surface area (Å²) in [6.07, 6.45) is 2.09. The maximum atomic E-state index is 12.6. The number of aromatic nitrogens is 2. The molecule has 1 amide bonds. The molecule has 27 heavy (non-hydrogen) atoms. The molecule has 2 heterocycles. The predicted octanol–water partition coefficient (Wildman–Crippen LogP) is 3.97. The van der Waals surface area contributed by atoms with Crippen molar-refractivity contribution in [3.63, 3.8) is 0 Å². The fraction of sp³-hybridized carbons (Fsp3) is 0.250. The van der Waals surface area contributed by atoms with Crippen molar-refractivity contribution in [2.75, 3.05) is 13.2 Å². The van der Waals surface area contributed by atoms with Crippen molar-refractivity contribution >= 4 is 17.5 Å². The average Bonchev–Trinajstić information content (AvgIpc) is 3.39. The van der Waals surface area contributed by atoms with E-state index in [1.165, 1.54) is 0 Å². The van der Waals surface area contributed by atoms with Gasteiger partial charge in [0, 0.05) is 23.7 Å². The summed E-state index contributed by atoms with van der Waals surface area (Å²) in [6, 6.07) is 14.3. The van der Waals surface area contributed by atoms with Crippen LogP contribution in [0.25, 0.3) is 22.8 Å². The number of benzene rings is 2. The smallest absolute Gasteiger partial charge is 0.259 e. The standard InChI is InChI=1S/C20H18ClN3O3/c21-14-9-7-13(8-10-14)18-23-20(27-24-18)17-6-2-1-5-16(17)19(25)22-12-15-4-3-11-26-15/h1-2,5-10,15H,3-4,11-12H2,(H,22,25)/t15-/m0/s1. The van der Waals surface area contributed by atoms with Crippen molar-refractivity contribution < 1.29 is 14.1 Å². The fourth-order valence-electron chi connectivity index (χ4n) is 3.02. The third-order valence-electron chi connectivity index (χ3n) is 4.44. The summed E-state index contributed by atoms with van der Waals surface area (Å²) in [5.41, 5.74) is 1.87. The molecule has 1 atom stereocenters. The van der Waals surface area contributed by atoms with Crippen LogP contribution in [0.4, 0.5) is 0 Å². The van der Waals surface area contributed by atoms with Crippen LogP contribution in [0.1, 0.15) is 23.2 Å². The highest BCUT2D eigenvalue weighted by Gasteiger charge is 2.20. The third-order valence-corrected chi connectivity index (χ3v) is 4.70. The van der Waals surface area contributed by atoms with E-state index in [9.17, 15) is 4.79 Å². The minimum absolute atomic E-state index is 0.0843. The lowest BCUT2D eigenvalue weighted by Crippen LogP contribution is -2.32. The molecular formula is C20H18ClN3O3. The van der Waals surface area contributed by atoms with Crippen LogP contribution in [0.3, 0.4) is 0 Å². The lowest BCUT2D eigenvalue weighted by molar-refractivity contribution is 0.0858. The van der Waals surface area contributed by atoms with E-state index >= 15 is 0 Å². The number of ether oxygens (including phenoxy) is 1. The monoisotopic (exact) mass is 383 g/mol. The van der Waals surface area contributed by atoms with Gasteiger partial charge < -0.3 is 14.6 Å². The minimum atomic E-state index is -0.188. The van der Waals surface area contributed by atoms with Gasteiger partial charge in [-0.3, -0.25) is 4.79 Å². The van der Waals surface area contributed by atoms with E-state index in [1.54, 1.807) is 30.3 Å². The van der Waals surface area contributed by atoms with Crippen LogP contribution in [0.2, 0.25) is 5.02 Å². The summed E-state index contributed by atoms with van der Waals surface area (Å²) in [4.78, 5) is 17.1. The highest BCUT2D eigenvalue weighted by atomic mass is 35.5. The zero-order chi connectivity index (χ0) is 18.6. The average molecular weight is 384 g/mol. The van der Waals surface area contributed by atoms with Gasteiger partial charge in [0.1, 0.15) is 0 Å². The van der Waals surface area contributed by atoms with Gasteiger partial charge in [-0.2, -0.15) is 4.98 Å². The molecule has 1 saturated heterocycles. The number of halogens is 1. The van der Waals surface area contributed by atoms with E-state index in [-0.39, 0.29) is 12.0 Å². The molecule has 2 aromatic carbocycles. The van der Waals surface area contributed by atoms with Gasteiger partial charge in [-0.05, 0) is 49.2 Å². The molecule has 138 valence electrons. The number of carbonyl (C=O) groups is 1. The van der Waals surface area contributed by atoms with E-state index < -0.39 is 0 Å². The second-order valence-corrected chi connectivity index (χ2v) is 6.76. The minimum Gasteiger partial charge on any atom is -0.376 e. The van der Waals surface area contributed by atoms with Crippen LogP contribution in [0.15, 0.2) is 53.1 Å². The molecule has 6 nitrogen and oxygen atoms in total. The van der Waals surface area contributed by atoms with Gasteiger partial charge in [-0.1, -0.05) is 28.9 Å². The molecular weight excluding hydrogens is 366 g/mol. The van der Waals surface area contributed by atoms with Crippen LogP contribution in [-0.2, 0) is 4.74 Å². The Morgan fingerprint density at radius 2 is 2.00 bits per heavy atom. The van der Waals surface area contributed by atoms with Crippen molar-refractivity contribution in [1.29, 1.82) is 0 Å². The topological polar surface area (TPSA) is 77.2 Å². The number of carbonyl (C=O) groups excluding carboxylic acids is 1. The molecule has 1 aromatic heterocycles. The van der Waals surface area contributed by atoms with E-state index in [0.29, 0.717) is 34.4 Å². The van der Waals surface area contributed by atoms with E-state index in [4.69, 9.17) is 20.9 Å². The lowest BCUT2D eigenvalue weighted by atomic mass is 10.1. The van der Waals surface area contributed by atoms with Crippen LogP contribution in [0.5, 0.6) is 0 Å². The van der Waals surface area contributed by atoms with E-state index in [2.05, 4.69) is 15.5 Å². The molecule has 0 spiro atoms. The van der Waals surface area contributed by atoms with Crippen molar-refractivity contribution in [2.24, 2.45) is 0 Å². The molecule has 0 saturated carbocycles. The Balaban J connectivity index is 1.55. The van der Waals surface area contributed by atoms with Gasteiger partial charge in [-0.15, -0.1) is 0 Å². The van der Waals surface area contributed by atoms with Crippen molar-refractivity contribution in [2.45, 2.75) is 18.9 Å². The predicted molar refractivity (Wildman–Crippen MR) is 101 cm³/mol. The Labute approximate surface area is 161 Å². The molecule has 7 heteroatoms. The summed E-state index contributed by atoms with van der Waals surface area (Å²) in [6.45, 7) is 1.25. The van der Waals surface area contributed by atoms with Gasteiger partial charge >= 0.3 is 0 Å². The zero-order valence-electron chi connectivity index (χ0n) is 14.5. The highest BCUT2D eigenvalue weighted by Crippen LogP contribution is 2.26. The van der Waals surface area contributed by atoms with Crippen LogP contribution in [0, 0.1) is 0 Å². The van der Waals surface area contributed by atoms with E-state index in [0.717, 1.165) is 25.0 Å². The number of hydrogen-bond acceptors (Lipinski definition) is 5. The van der Waals surface area contributed by atoms with Gasteiger partial charge in [0.05, 0.1) is 17.2 Å². The molecule has 0 aliphatic carbocycles.